The number of esters is 1. The summed E-state index contributed by atoms with van der Waals surface area (Å²) in [7, 11) is 0. The molecule has 1 heterocycles. The van der Waals surface area contributed by atoms with E-state index in [0.29, 0.717) is 25.3 Å². The zero-order valence-corrected chi connectivity index (χ0v) is 13.5. The molecule has 0 aliphatic heterocycles. The molecule has 0 saturated carbocycles. The number of aromatic nitrogens is 2. The lowest BCUT2D eigenvalue weighted by atomic mass is 9.81. The predicted octanol–water partition coefficient (Wildman–Crippen LogP) is 3.80. The van der Waals surface area contributed by atoms with Gasteiger partial charge in [0, 0.05) is 0 Å². The molecule has 0 unspecified atom stereocenters. The molecule has 114 valence electrons. The van der Waals surface area contributed by atoms with Gasteiger partial charge in [-0.05, 0) is 56.9 Å². The van der Waals surface area contributed by atoms with Gasteiger partial charge in [-0.2, -0.15) is 0 Å². The van der Waals surface area contributed by atoms with Crippen molar-refractivity contribution in [3.05, 3.63) is 29.1 Å². The minimum Gasteiger partial charge on any atom is -0.465 e. The van der Waals surface area contributed by atoms with Crippen LogP contribution in [-0.4, -0.2) is 22.5 Å². The summed E-state index contributed by atoms with van der Waals surface area (Å²) >= 11 is 0. The van der Waals surface area contributed by atoms with Crippen LogP contribution in [0.5, 0.6) is 0 Å². The molecule has 0 fully saturated rings. The van der Waals surface area contributed by atoms with Crippen LogP contribution in [0.1, 0.15) is 50.6 Å². The van der Waals surface area contributed by atoms with Crippen molar-refractivity contribution in [1.29, 1.82) is 0 Å². The van der Waals surface area contributed by atoms with Gasteiger partial charge in [0.05, 0.1) is 17.6 Å². The van der Waals surface area contributed by atoms with Gasteiger partial charge in [0.2, 0.25) is 0 Å². The van der Waals surface area contributed by atoms with Gasteiger partial charge < -0.3 is 9.72 Å². The second-order valence-corrected chi connectivity index (χ2v) is 5.55. The van der Waals surface area contributed by atoms with Crippen LogP contribution in [0.2, 0.25) is 0 Å². The predicted molar refractivity (Wildman–Crippen MR) is 84.5 cm³/mol. The molecule has 1 aromatic heterocycles. The highest BCUT2D eigenvalue weighted by atomic mass is 16.5. The third kappa shape index (κ3) is 2.55. The highest BCUT2D eigenvalue weighted by Gasteiger charge is 2.41. The third-order valence-corrected chi connectivity index (χ3v) is 4.42. The Labute approximate surface area is 125 Å². The Kier molecular flexibility index (Phi) is 4.35. The SMILES string of the molecule is CCOC(=O)C(CC)(CC)c1nc2cc(C)c(C)cc2[nH]1. The Morgan fingerprint density at radius 1 is 1.19 bits per heavy atom. The Hall–Kier alpha value is -1.84. The highest BCUT2D eigenvalue weighted by Crippen LogP contribution is 2.33. The van der Waals surface area contributed by atoms with E-state index in [0.717, 1.165) is 11.0 Å². The van der Waals surface area contributed by atoms with Gasteiger partial charge in [-0.15, -0.1) is 0 Å². The second-order valence-electron chi connectivity index (χ2n) is 5.55. The number of carbonyl (C=O) groups is 1. The van der Waals surface area contributed by atoms with E-state index in [-0.39, 0.29) is 5.97 Å². The Bertz CT molecular complexity index is 615. The third-order valence-electron chi connectivity index (χ3n) is 4.42. The standard InChI is InChI=1S/C17H24N2O2/c1-6-17(7-2,16(20)21-8-3)15-18-13-9-11(4)12(5)10-14(13)19-15/h9-10H,6-8H2,1-5H3,(H,18,19). The molecule has 21 heavy (non-hydrogen) atoms. The molecule has 1 N–H and O–H groups in total. The normalized spacial score (nSPS) is 11.9. The fourth-order valence-electron chi connectivity index (χ4n) is 2.74. The van der Waals surface area contributed by atoms with Gasteiger partial charge in [0.25, 0.3) is 0 Å². The number of H-pyrrole nitrogens is 1. The summed E-state index contributed by atoms with van der Waals surface area (Å²) in [5.41, 5.74) is 3.62. The number of fused-ring (bicyclic) bond motifs is 1. The number of nitrogens with zero attached hydrogens (tertiary/aromatic N) is 1. The molecule has 0 spiro atoms. The molecule has 0 aliphatic carbocycles. The van der Waals surface area contributed by atoms with Gasteiger partial charge in [0.1, 0.15) is 11.2 Å². The molecule has 2 aromatic rings. The van der Waals surface area contributed by atoms with Gasteiger partial charge in [-0.25, -0.2) is 4.98 Å². The maximum Gasteiger partial charge on any atom is 0.319 e. The Morgan fingerprint density at radius 2 is 1.81 bits per heavy atom. The van der Waals surface area contributed by atoms with Crippen molar-refractivity contribution in [1.82, 2.24) is 9.97 Å². The largest absolute Gasteiger partial charge is 0.465 e. The van der Waals surface area contributed by atoms with E-state index in [4.69, 9.17) is 4.74 Å². The summed E-state index contributed by atoms with van der Waals surface area (Å²) in [6, 6.07) is 4.15. The summed E-state index contributed by atoms with van der Waals surface area (Å²) in [6.07, 6.45) is 1.33. The van der Waals surface area contributed by atoms with Crippen molar-refractivity contribution in [2.75, 3.05) is 6.61 Å². The van der Waals surface area contributed by atoms with E-state index >= 15 is 0 Å². The summed E-state index contributed by atoms with van der Waals surface area (Å²) in [5.74, 6) is 0.522. The number of ether oxygens (including phenoxy) is 1. The van der Waals surface area contributed by atoms with E-state index in [2.05, 4.69) is 35.9 Å². The van der Waals surface area contributed by atoms with Gasteiger partial charge >= 0.3 is 5.97 Å². The number of nitrogens with one attached hydrogen (secondary N) is 1. The van der Waals surface area contributed by atoms with Gasteiger partial charge in [-0.3, -0.25) is 4.79 Å². The molecular formula is C17H24N2O2. The van der Waals surface area contributed by atoms with Crippen molar-refractivity contribution >= 4 is 17.0 Å². The fraction of sp³-hybridized carbons (Fsp3) is 0.529. The van der Waals surface area contributed by atoms with E-state index in [1.807, 2.05) is 20.8 Å². The molecular weight excluding hydrogens is 264 g/mol. The number of hydrogen-bond acceptors (Lipinski definition) is 3. The number of carbonyl (C=O) groups excluding carboxylic acids is 1. The number of benzene rings is 1. The number of aromatic amines is 1. The van der Waals surface area contributed by atoms with Crippen LogP contribution < -0.4 is 0 Å². The van der Waals surface area contributed by atoms with Crippen LogP contribution in [0, 0.1) is 13.8 Å². The quantitative estimate of drug-likeness (QED) is 0.851. The summed E-state index contributed by atoms with van der Waals surface area (Å²) in [5, 5.41) is 0. The van der Waals surface area contributed by atoms with E-state index in [9.17, 15) is 4.79 Å². The summed E-state index contributed by atoms with van der Waals surface area (Å²) in [6.45, 7) is 10.4. The summed E-state index contributed by atoms with van der Waals surface area (Å²) in [4.78, 5) is 20.5. The lowest BCUT2D eigenvalue weighted by molar-refractivity contribution is -0.150. The zero-order chi connectivity index (χ0) is 15.6. The smallest absolute Gasteiger partial charge is 0.319 e. The van der Waals surface area contributed by atoms with Crippen LogP contribution >= 0.6 is 0 Å². The monoisotopic (exact) mass is 288 g/mol. The van der Waals surface area contributed by atoms with Crippen LogP contribution in [0.4, 0.5) is 0 Å². The molecule has 0 radical (unpaired) electrons. The minimum absolute atomic E-state index is 0.192. The maximum absolute atomic E-state index is 12.5. The van der Waals surface area contributed by atoms with Gasteiger partial charge in [0.15, 0.2) is 0 Å². The molecule has 0 saturated heterocycles. The van der Waals surface area contributed by atoms with Crippen LogP contribution in [0.25, 0.3) is 11.0 Å². The number of aryl methyl sites for hydroxylation is 2. The lowest BCUT2D eigenvalue weighted by Crippen LogP contribution is -2.37. The molecule has 0 amide bonds. The Morgan fingerprint density at radius 3 is 2.38 bits per heavy atom. The van der Waals surface area contributed by atoms with Crippen molar-refractivity contribution in [2.24, 2.45) is 0 Å². The number of hydrogen-bond donors (Lipinski definition) is 1. The first-order chi connectivity index (χ1) is 9.98. The van der Waals surface area contributed by atoms with E-state index in [1.165, 1.54) is 11.1 Å². The first kappa shape index (κ1) is 15.5. The average Bonchev–Trinajstić information content (AvgIpc) is 2.85. The average molecular weight is 288 g/mol. The lowest BCUT2D eigenvalue weighted by Gasteiger charge is -2.26. The van der Waals surface area contributed by atoms with Crippen LogP contribution in [0.3, 0.4) is 0 Å². The van der Waals surface area contributed by atoms with E-state index < -0.39 is 5.41 Å². The van der Waals surface area contributed by atoms with E-state index in [1.54, 1.807) is 0 Å². The van der Waals surface area contributed by atoms with Crippen LogP contribution in [-0.2, 0) is 14.9 Å². The summed E-state index contributed by atoms with van der Waals surface area (Å²) < 4.78 is 5.29. The fourth-order valence-corrected chi connectivity index (χ4v) is 2.74. The molecule has 4 heteroatoms. The Balaban J connectivity index is 2.57. The first-order valence-corrected chi connectivity index (χ1v) is 7.63. The molecule has 0 aliphatic rings. The van der Waals surface area contributed by atoms with Crippen molar-refractivity contribution in [3.8, 4) is 0 Å². The molecule has 4 nitrogen and oxygen atoms in total. The maximum atomic E-state index is 12.5. The second kappa shape index (κ2) is 5.88. The number of imidazole rings is 1. The molecule has 2 rings (SSSR count). The minimum atomic E-state index is -0.684. The topological polar surface area (TPSA) is 55.0 Å². The molecule has 0 bridgehead atoms. The van der Waals surface area contributed by atoms with Crippen molar-refractivity contribution in [2.45, 2.75) is 52.9 Å². The van der Waals surface area contributed by atoms with Crippen LogP contribution in [0.15, 0.2) is 12.1 Å². The number of rotatable bonds is 5. The first-order valence-electron chi connectivity index (χ1n) is 7.63. The van der Waals surface area contributed by atoms with Gasteiger partial charge in [-0.1, -0.05) is 13.8 Å². The molecule has 1 aromatic carbocycles. The highest BCUT2D eigenvalue weighted by molar-refractivity contribution is 5.84. The van der Waals surface area contributed by atoms with Crippen molar-refractivity contribution < 1.29 is 9.53 Å². The zero-order valence-electron chi connectivity index (χ0n) is 13.5. The van der Waals surface area contributed by atoms with Crippen molar-refractivity contribution in [3.63, 3.8) is 0 Å². The molecule has 0 atom stereocenters.